The summed E-state index contributed by atoms with van der Waals surface area (Å²) >= 11 is 0. The number of carboxylic acid groups (broad SMARTS) is 1. The van der Waals surface area contributed by atoms with Crippen LogP contribution < -0.4 is 5.73 Å². The molecular weight excluding hydrogens is 180 g/mol. The number of aryl methyl sites for hydroxylation is 1. The number of carbonyl (C=O) groups is 1. The quantitative estimate of drug-likeness (QED) is 0.683. The van der Waals surface area contributed by atoms with Gasteiger partial charge in [-0.15, -0.1) is 0 Å². The van der Waals surface area contributed by atoms with Gasteiger partial charge in [0, 0.05) is 5.69 Å². The number of rotatable bonds is 2. The summed E-state index contributed by atoms with van der Waals surface area (Å²) in [7, 11) is 0. The van der Waals surface area contributed by atoms with Crippen molar-refractivity contribution in [2.24, 2.45) is 0 Å². The summed E-state index contributed by atoms with van der Waals surface area (Å²) in [6.45, 7) is 1.78. The van der Waals surface area contributed by atoms with Gasteiger partial charge in [-0.3, -0.25) is 4.79 Å². The molecule has 14 heavy (non-hydrogen) atoms. The van der Waals surface area contributed by atoms with Crippen LogP contribution in [0.1, 0.15) is 16.7 Å². The summed E-state index contributed by atoms with van der Waals surface area (Å²) < 4.78 is 0. The van der Waals surface area contributed by atoms with Crippen LogP contribution in [0.5, 0.6) is 0 Å². The van der Waals surface area contributed by atoms with Gasteiger partial charge in [-0.25, -0.2) is 0 Å². The smallest absolute Gasteiger partial charge is 0.307 e. The minimum Gasteiger partial charge on any atom is -0.481 e. The first-order chi connectivity index (χ1) is 6.54. The van der Waals surface area contributed by atoms with Crippen LogP contribution in [0.4, 0.5) is 5.69 Å². The lowest BCUT2D eigenvalue weighted by Gasteiger charge is -2.05. The maximum Gasteiger partial charge on any atom is 0.307 e. The Morgan fingerprint density at radius 2 is 2.29 bits per heavy atom. The fourth-order valence-electron chi connectivity index (χ4n) is 1.20. The Bertz CT molecular complexity index is 419. The molecule has 0 bridgehead atoms. The van der Waals surface area contributed by atoms with E-state index in [1.54, 1.807) is 13.0 Å². The maximum absolute atomic E-state index is 10.5. The lowest BCUT2D eigenvalue weighted by molar-refractivity contribution is -0.136. The molecular formula is C10H10N2O2. The van der Waals surface area contributed by atoms with E-state index in [2.05, 4.69) is 0 Å². The van der Waals surface area contributed by atoms with Crippen molar-refractivity contribution in [3.05, 3.63) is 28.8 Å². The number of anilines is 1. The second-order valence-corrected chi connectivity index (χ2v) is 3.05. The van der Waals surface area contributed by atoms with Gasteiger partial charge in [-0.1, -0.05) is 6.07 Å². The van der Waals surface area contributed by atoms with Gasteiger partial charge in [0.05, 0.1) is 18.1 Å². The fraction of sp³-hybridized carbons (Fsp3) is 0.200. The molecule has 0 saturated heterocycles. The Kier molecular flexibility index (Phi) is 2.73. The molecule has 1 aromatic carbocycles. The number of benzene rings is 1. The minimum absolute atomic E-state index is 0.149. The topological polar surface area (TPSA) is 87.1 Å². The Morgan fingerprint density at radius 1 is 1.64 bits per heavy atom. The third-order valence-electron chi connectivity index (χ3n) is 1.95. The molecule has 4 heteroatoms. The molecule has 0 radical (unpaired) electrons. The van der Waals surface area contributed by atoms with E-state index in [1.807, 2.05) is 6.07 Å². The second-order valence-electron chi connectivity index (χ2n) is 3.05. The van der Waals surface area contributed by atoms with E-state index in [0.29, 0.717) is 16.8 Å². The third-order valence-corrected chi connectivity index (χ3v) is 1.95. The molecule has 0 saturated carbocycles. The molecule has 0 atom stereocenters. The van der Waals surface area contributed by atoms with E-state index in [9.17, 15) is 4.79 Å². The first-order valence-corrected chi connectivity index (χ1v) is 4.05. The average molecular weight is 190 g/mol. The number of nitrogen functional groups attached to an aromatic ring is 1. The number of carboxylic acids is 1. The van der Waals surface area contributed by atoms with Crippen LogP contribution in [-0.2, 0) is 11.2 Å². The molecule has 0 aliphatic rings. The van der Waals surface area contributed by atoms with E-state index >= 15 is 0 Å². The van der Waals surface area contributed by atoms with E-state index in [1.165, 1.54) is 6.07 Å². The standard InChI is InChI=1S/C10H10N2O2/c1-6-2-7(4-10(13)14)8(5-11)3-9(6)12/h2-3H,4,12H2,1H3,(H,13,14). The molecule has 4 nitrogen and oxygen atoms in total. The number of aliphatic carboxylic acids is 1. The lowest BCUT2D eigenvalue weighted by atomic mass is 10.0. The Labute approximate surface area is 81.6 Å². The highest BCUT2D eigenvalue weighted by molar-refractivity contribution is 5.72. The highest BCUT2D eigenvalue weighted by Gasteiger charge is 2.08. The van der Waals surface area contributed by atoms with Gasteiger partial charge in [0.15, 0.2) is 0 Å². The normalized spacial score (nSPS) is 9.43. The SMILES string of the molecule is Cc1cc(CC(=O)O)c(C#N)cc1N. The summed E-state index contributed by atoms with van der Waals surface area (Å²) in [6.07, 6.45) is -0.149. The maximum atomic E-state index is 10.5. The van der Waals surface area contributed by atoms with Crippen LogP contribution in [0.25, 0.3) is 0 Å². The van der Waals surface area contributed by atoms with Crippen molar-refractivity contribution in [3.63, 3.8) is 0 Å². The number of nitriles is 1. The summed E-state index contributed by atoms with van der Waals surface area (Å²) in [5, 5.41) is 17.4. The van der Waals surface area contributed by atoms with Gasteiger partial charge in [-0.05, 0) is 24.1 Å². The molecule has 3 N–H and O–H groups in total. The monoisotopic (exact) mass is 190 g/mol. The van der Waals surface area contributed by atoms with E-state index in [4.69, 9.17) is 16.1 Å². The predicted octanol–water partition coefficient (Wildman–Crippen LogP) is 1.08. The summed E-state index contributed by atoms with van der Waals surface area (Å²) in [4.78, 5) is 10.5. The first-order valence-electron chi connectivity index (χ1n) is 4.05. The molecule has 0 amide bonds. The Hall–Kier alpha value is -2.02. The number of hydrogen-bond donors (Lipinski definition) is 2. The summed E-state index contributed by atoms with van der Waals surface area (Å²) in [5.74, 6) is -0.953. The predicted molar refractivity (Wildman–Crippen MR) is 51.6 cm³/mol. The van der Waals surface area contributed by atoms with Crippen molar-refractivity contribution in [2.75, 3.05) is 5.73 Å². The number of nitrogens with two attached hydrogens (primary N) is 1. The molecule has 0 aliphatic heterocycles. The summed E-state index contributed by atoms with van der Waals surface area (Å²) in [5.41, 5.74) is 7.73. The van der Waals surface area contributed by atoms with Crippen LogP contribution in [0.2, 0.25) is 0 Å². The third kappa shape index (κ3) is 2.02. The van der Waals surface area contributed by atoms with Crippen LogP contribution in [-0.4, -0.2) is 11.1 Å². The van der Waals surface area contributed by atoms with Crippen LogP contribution in [0, 0.1) is 18.3 Å². The Balaban J connectivity index is 3.22. The fourth-order valence-corrected chi connectivity index (χ4v) is 1.20. The van der Waals surface area contributed by atoms with Crippen LogP contribution in [0.15, 0.2) is 12.1 Å². The van der Waals surface area contributed by atoms with Crippen molar-refractivity contribution in [3.8, 4) is 6.07 Å². The molecule has 1 aromatic rings. The molecule has 0 aliphatic carbocycles. The lowest BCUT2D eigenvalue weighted by Crippen LogP contribution is -2.04. The largest absolute Gasteiger partial charge is 0.481 e. The molecule has 1 rings (SSSR count). The minimum atomic E-state index is -0.953. The number of hydrogen-bond acceptors (Lipinski definition) is 3. The molecule has 0 fully saturated rings. The van der Waals surface area contributed by atoms with Gasteiger partial charge in [0.25, 0.3) is 0 Å². The van der Waals surface area contributed by atoms with Gasteiger partial charge < -0.3 is 10.8 Å². The van der Waals surface area contributed by atoms with Crippen molar-refractivity contribution in [2.45, 2.75) is 13.3 Å². The van der Waals surface area contributed by atoms with Crippen LogP contribution >= 0.6 is 0 Å². The molecule has 0 spiro atoms. The highest BCUT2D eigenvalue weighted by atomic mass is 16.4. The van der Waals surface area contributed by atoms with Crippen molar-refractivity contribution in [1.29, 1.82) is 5.26 Å². The number of nitrogens with zero attached hydrogens (tertiary/aromatic N) is 1. The summed E-state index contributed by atoms with van der Waals surface area (Å²) in [6, 6.07) is 5.07. The first kappa shape index (κ1) is 10.1. The average Bonchev–Trinajstić information content (AvgIpc) is 2.10. The van der Waals surface area contributed by atoms with Crippen molar-refractivity contribution in [1.82, 2.24) is 0 Å². The zero-order valence-corrected chi connectivity index (χ0v) is 7.74. The van der Waals surface area contributed by atoms with Gasteiger partial charge >= 0.3 is 5.97 Å². The highest BCUT2D eigenvalue weighted by Crippen LogP contribution is 2.18. The van der Waals surface area contributed by atoms with E-state index in [-0.39, 0.29) is 6.42 Å². The van der Waals surface area contributed by atoms with Crippen molar-refractivity contribution < 1.29 is 9.90 Å². The van der Waals surface area contributed by atoms with E-state index in [0.717, 1.165) is 5.56 Å². The Morgan fingerprint density at radius 3 is 2.79 bits per heavy atom. The van der Waals surface area contributed by atoms with Crippen molar-refractivity contribution >= 4 is 11.7 Å². The van der Waals surface area contributed by atoms with E-state index < -0.39 is 5.97 Å². The molecule has 0 aromatic heterocycles. The van der Waals surface area contributed by atoms with Gasteiger partial charge in [0.2, 0.25) is 0 Å². The molecule has 0 unspecified atom stereocenters. The molecule has 72 valence electrons. The second kappa shape index (κ2) is 3.79. The van der Waals surface area contributed by atoms with Gasteiger partial charge in [0.1, 0.15) is 0 Å². The zero-order chi connectivity index (χ0) is 10.7. The van der Waals surface area contributed by atoms with Gasteiger partial charge in [-0.2, -0.15) is 5.26 Å². The zero-order valence-electron chi connectivity index (χ0n) is 7.74. The van der Waals surface area contributed by atoms with Crippen LogP contribution in [0.3, 0.4) is 0 Å². The molecule has 0 heterocycles.